The van der Waals surface area contributed by atoms with Crippen molar-refractivity contribution in [2.24, 2.45) is 0 Å². The van der Waals surface area contributed by atoms with Gasteiger partial charge in [0, 0.05) is 0 Å². The lowest BCUT2D eigenvalue weighted by Crippen LogP contribution is -2.55. The highest BCUT2D eigenvalue weighted by Gasteiger charge is 2.43. The molecule has 29 heavy (non-hydrogen) atoms. The molecule has 5 unspecified atom stereocenters. The Bertz CT molecular complexity index is 955. The van der Waals surface area contributed by atoms with Crippen LogP contribution in [0.15, 0.2) is 66.7 Å². The standard InChI is InChI=1S/C23H24O6/c24-12-19-20(25)21(26)22(27)23(29-19)16-7-9-18(10-8-16)28-13-14-5-6-15-3-1-2-4-17(15)11-14/h1-11,19-27H,12-13H2. The summed E-state index contributed by atoms with van der Waals surface area (Å²) in [5.74, 6) is 0.659. The summed E-state index contributed by atoms with van der Waals surface area (Å²) in [6, 6.07) is 21.3. The van der Waals surface area contributed by atoms with Gasteiger partial charge in [-0.3, -0.25) is 0 Å². The Morgan fingerprint density at radius 2 is 1.52 bits per heavy atom. The first-order chi connectivity index (χ1) is 14.1. The second kappa shape index (κ2) is 8.49. The minimum atomic E-state index is -1.39. The molecule has 3 aromatic rings. The number of fused-ring (bicyclic) bond motifs is 1. The molecule has 4 N–H and O–H groups in total. The summed E-state index contributed by atoms with van der Waals surface area (Å²) in [4.78, 5) is 0. The molecule has 1 aliphatic rings. The molecule has 5 atom stereocenters. The Hall–Kier alpha value is -2.48. The molecule has 1 fully saturated rings. The molecule has 0 spiro atoms. The van der Waals surface area contributed by atoms with Crippen LogP contribution in [0.3, 0.4) is 0 Å². The predicted octanol–water partition coefficient (Wildman–Crippen LogP) is 1.93. The number of aliphatic hydroxyl groups excluding tert-OH is 4. The van der Waals surface area contributed by atoms with E-state index in [0.717, 1.165) is 10.9 Å². The van der Waals surface area contributed by atoms with Crippen LogP contribution >= 0.6 is 0 Å². The second-order valence-corrected chi connectivity index (χ2v) is 7.29. The summed E-state index contributed by atoms with van der Waals surface area (Å²) in [6.07, 6.45) is -5.83. The molecule has 1 saturated heterocycles. The molecule has 0 aromatic heterocycles. The van der Waals surface area contributed by atoms with Gasteiger partial charge in [-0.25, -0.2) is 0 Å². The lowest BCUT2D eigenvalue weighted by atomic mass is 9.91. The van der Waals surface area contributed by atoms with Gasteiger partial charge in [0.25, 0.3) is 0 Å². The number of rotatable bonds is 5. The van der Waals surface area contributed by atoms with Crippen molar-refractivity contribution >= 4 is 10.8 Å². The summed E-state index contributed by atoms with van der Waals surface area (Å²) in [6.45, 7) is -0.0291. The predicted molar refractivity (Wildman–Crippen MR) is 107 cm³/mol. The van der Waals surface area contributed by atoms with Gasteiger partial charge in [0.05, 0.1) is 6.61 Å². The van der Waals surface area contributed by atoms with Crippen LogP contribution in [-0.4, -0.2) is 51.4 Å². The zero-order valence-corrected chi connectivity index (χ0v) is 15.8. The van der Waals surface area contributed by atoms with E-state index in [2.05, 4.69) is 24.3 Å². The van der Waals surface area contributed by atoms with E-state index in [0.29, 0.717) is 17.9 Å². The smallest absolute Gasteiger partial charge is 0.119 e. The van der Waals surface area contributed by atoms with Crippen molar-refractivity contribution < 1.29 is 29.9 Å². The van der Waals surface area contributed by atoms with E-state index in [9.17, 15) is 20.4 Å². The van der Waals surface area contributed by atoms with Crippen molar-refractivity contribution in [2.45, 2.75) is 37.1 Å². The second-order valence-electron chi connectivity index (χ2n) is 7.29. The van der Waals surface area contributed by atoms with Gasteiger partial charge in [0.2, 0.25) is 0 Å². The molecular weight excluding hydrogens is 372 g/mol. The molecule has 0 amide bonds. The Balaban J connectivity index is 1.43. The number of benzene rings is 3. The van der Waals surface area contributed by atoms with E-state index in [4.69, 9.17) is 9.47 Å². The molecule has 0 bridgehead atoms. The van der Waals surface area contributed by atoms with Gasteiger partial charge in [0.15, 0.2) is 0 Å². The van der Waals surface area contributed by atoms with E-state index in [1.807, 2.05) is 18.2 Å². The molecule has 152 valence electrons. The van der Waals surface area contributed by atoms with Crippen LogP contribution in [0.1, 0.15) is 17.2 Å². The number of hydrogen-bond acceptors (Lipinski definition) is 6. The van der Waals surface area contributed by atoms with Crippen LogP contribution in [0.25, 0.3) is 10.8 Å². The van der Waals surface area contributed by atoms with Crippen LogP contribution in [0, 0.1) is 0 Å². The van der Waals surface area contributed by atoms with Gasteiger partial charge in [-0.2, -0.15) is 0 Å². The van der Waals surface area contributed by atoms with E-state index < -0.39 is 37.1 Å². The van der Waals surface area contributed by atoms with Crippen molar-refractivity contribution in [3.63, 3.8) is 0 Å². The fourth-order valence-electron chi connectivity index (χ4n) is 3.63. The Morgan fingerprint density at radius 3 is 2.24 bits per heavy atom. The van der Waals surface area contributed by atoms with Crippen LogP contribution in [0.4, 0.5) is 0 Å². The summed E-state index contributed by atoms with van der Waals surface area (Å²) >= 11 is 0. The van der Waals surface area contributed by atoms with E-state index in [1.54, 1.807) is 24.3 Å². The van der Waals surface area contributed by atoms with Gasteiger partial charge in [-0.05, 0) is 40.1 Å². The molecule has 0 aliphatic carbocycles. The van der Waals surface area contributed by atoms with Gasteiger partial charge < -0.3 is 29.9 Å². The third kappa shape index (κ3) is 4.12. The minimum absolute atomic E-state index is 0.421. The average molecular weight is 396 g/mol. The third-order valence-corrected chi connectivity index (χ3v) is 5.32. The quantitative estimate of drug-likeness (QED) is 0.526. The highest BCUT2D eigenvalue weighted by Crippen LogP contribution is 2.33. The Morgan fingerprint density at radius 1 is 0.793 bits per heavy atom. The first kappa shape index (κ1) is 19.8. The van der Waals surface area contributed by atoms with E-state index in [1.165, 1.54) is 5.39 Å². The zero-order chi connectivity index (χ0) is 20.4. The molecule has 0 saturated carbocycles. The Labute approximate surface area is 168 Å². The fourth-order valence-corrected chi connectivity index (χ4v) is 3.63. The van der Waals surface area contributed by atoms with Crippen molar-refractivity contribution in [1.82, 2.24) is 0 Å². The SMILES string of the molecule is OCC1OC(c2ccc(OCc3ccc4ccccc4c3)cc2)C(O)C(O)C1O. The number of hydrogen-bond donors (Lipinski definition) is 4. The summed E-state index contributed by atoms with van der Waals surface area (Å²) in [5, 5.41) is 41.7. The first-order valence-electron chi connectivity index (χ1n) is 9.58. The zero-order valence-electron chi connectivity index (χ0n) is 15.8. The number of aliphatic hydroxyl groups is 4. The van der Waals surface area contributed by atoms with Crippen LogP contribution in [0.2, 0.25) is 0 Å². The maximum absolute atomic E-state index is 10.2. The molecule has 3 aromatic carbocycles. The van der Waals surface area contributed by atoms with Crippen molar-refractivity contribution in [1.29, 1.82) is 0 Å². The fraction of sp³-hybridized carbons (Fsp3) is 0.304. The minimum Gasteiger partial charge on any atom is -0.489 e. The first-order valence-corrected chi connectivity index (χ1v) is 9.58. The largest absolute Gasteiger partial charge is 0.489 e. The van der Waals surface area contributed by atoms with Crippen LogP contribution in [-0.2, 0) is 11.3 Å². The van der Waals surface area contributed by atoms with Gasteiger partial charge in [-0.15, -0.1) is 0 Å². The average Bonchev–Trinajstić information content (AvgIpc) is 2.77. The van der Waals surface area contributed by atoms with E-state index >= 15 is 0 Å². The highest BCUT2D eigenvalue weighted by molar-refractivity contribution is 5.82. The maximum atomic E-state index is 10.2. The Kier molecular flexibility index (Phi) is 5.80. The molecule has 1 aliphatic heterocycles. The summed E-state index contributed by atoms with van der Waals surface area (Å²) < 4.78 is 11.4. The van der Waals surface area contributed by atoms with Crippen molar-refractivity contribution in [3.8, 4) is 5.75 Å². The monoisotopic (exact) mass is 396 g/mol. The molecule has 6 heteroatoms. The van der Waals surface area contributed by atoms with Gasteiger partial charge in [0.1, 0.15) is 42.9 Å². The number of ether oxygens (including phenoxy) is 2. The molecular formula is C23H24O6. The van der Waals surface area contributed by atoms with E-state index in [-0.39, 0.29) is 0 Å². The highest BCUT2D eigenvalue weighted by atomic mass is 16.5. The van der Waals surface area contributed by atoms with Crippen molar-refractivity contribution in [3.05, 3.63) is 77.9 Å². The normalized spacial score (nSPS) is 27.1. The molecule has 1 heterocycles. The lowest BCUT2D eigenvalue weighted by Gasteiger charge is -2.40. The van der Waals surface area contributed by atoms with Gasteiger partial charge in [-0.1, -0.05) is 48.5 Å². The third-order valence-electron chi connectivity index (χ3n) is 5.32. The van der Waals surface area contributed by atoms with Crippen LogP contribution < -0.4 is 4.74 Å². The van der Waals surface area contributed by atoms with Gasteiger partial charge >= 0.3 is 0 Å². The lowest BCUT2D eigenvalue weighted by molar-refractivity contribution is -0.231. The molecule has 4 rings (SSSR count). The summed E-state index contributed by atoms with van der Waals surface area (Å²) in [7, 11) is 0. The maximum Gasteiger partial charge on any atom is 0.119 e. The van der Waals surface area contributed by atoms with Crippen molar-refractivity contribution in [2.75, 3.05) is 6.61 Å². The summed E-state index contributed by atoms with van der Waals surface area (Å²) in [5.41, 5.74) is 1.68. The molecule has 0 radical (unpaired) electrons. The topological polar surface area (TPSA) is 99.4 Å². The molecule has 6 nitrogen and oxygen atoms in total. The van der Waals surface area contributed by atoms with Crippen LogP contribution in [0.5, 0.6) is 5.75 Å².